The average Bonchev–Trinajstić information content (AvgIpc) is 2.89. The molecule has 2 rings (SSSR count). The van der Waals surface area contributed by atoms with E-state index in [-0.39, 0.29) is 13.2 Å². The summed E-state index contributed by atoms with van der Waals surface area (Å²) in [5.74, 6) is 5.14. The highest BCUT2D eigenvalue weighted by molar-refractivity contribution is 6.56. The lowest BCUT2D eigenvalue weighted by Gasteiger charge is -2.32. The molecule has 0 aliphatic carbocycles. The van der Waals surface area contributed by atoms with Crippen LogP contribution in [0.15, 0.2) is 29.7 Å². The molecule has 1 aromatic rings. The number of hydrazine groups is 1. The Balaban J connectivity index is 2.32. The number of amides is 2. The van der Waals surface area contributed by atoms with Crippen LogP contribution in [0, 0.1) is 0 Å². The first-order chi connectivity index (χ1) is 14.7. The summed E-state index contributed by atoms with van der Waals surface area (Å²) in [5.41, 5.74) is 1.64. The zero-order valence-corrected chi connectivity index (χ0v) is 19.9. The minimum Gasteiger partial charge on any atom is -0.483 e. The van der Waals surface area contributed by atoms with E-state index in [1.807, 2.05) is 51.3 Å². The third kappa shape index (κ3) is 6.98. The van der Waals surface area contributed by atoms with Gasteiger partial charge in [0.2, 0.25) is 0 Å². The molecule has 0 radical (unpaired) electrons. The molecule has 0 atom stereocenters. The SMILES string of the molecule is CC(C)(C)OC(=O)NCC(=Cc1ccccc1OCC(=O)NN)B1OC(C)(C)C(C)(C)O1. The number of nitrogens with two attached hydrogens (primary N) is 1. The fourth-order valence-corrected chi connectivity index (χ4v) is 2.80. The molecule has 1 aliphatic rings. The number of hydrogen-bond acceptors (Lipinski definition) is 7. The largest absolute Gasteiger partial charge is 0.492 e. The van der Waals surface area contributed by atoms with Crippen LogP contribution < -0.4 is 21.3 Å². The Morgan fingerprint density at radius 1 is 1.12 bits per heavy atom. The molecule has 0 spiro atoms. The zero-order valence-electron chi connectivity index (χ0n) is 19.9. The Labute approximate surface area is 190 Å². The van der Waals surface area contributed by atoms with E-state index in [4.69, 9.17) is 24.6 Å². The summed E-state index contributed by atoms with van der Waals surface area (Å²) >= 11 is 0. The van der Waals surface area contributed by atoms with E-state index in [0.717, 1.165) is 0 Å². The maximum absolute atomic E-state index is 12.2. The average molecular weight is 447 g/mol. The predicted molar refractivity (Wildman–Crippen MR) is 123 cm³/mol. The summed E-state index contributed by atoms with van der Waals surface area (Å²) in [6, 6.07) is 7.19. The van der Waals surface area contributed by atoms with Crippen molar-refractivity contribution in [1.82, 2.24) is 10.7 Å². The lowest BCUT2D eigenvalue weighted by molar-refractivity contribution is -0.123. The Hall–Kier alpha value is -2.56. The number of ether oxygens (including phenoxy) is 2. The molecule has 176 valence electrons. The van der Waals surface area contributed by atoms with Gasteiger partial charge in [-0.1, -0.05) is 24.3 Å². The maximum Gasteiger partial charge on any atom is 0.492 e. The van der Waals surface area contributed by atoms with Crippen LogP contribution in [-0.2, 0) is 18.8 Å². The summed E-state index contributed by atoms with van der Waals surface area (Å²) < 4.78 is 23.3. The first kappa shape index (κ1) is 25.7. The van der Waals surface area contributed by atoms with Gasteiger partial charge in [0.05, 0.1) is 11.2 Å². The molecule has 2 amide bonds. The minimum absolute atomic E-state index is 0.128. The molecular weight excluding hydrogens is 413 g/mol. The van der Waals surface area contributed by atoms with E-state index in [0.29, 0.717) is 16.8 Å². The third-order valence-corrected chi connectivity index (χ3v) is 5.17. The van der Waals surface area contributed by atoms with Gasteiger partial charge in [-0.05, 0) is 60.0 Å². The number of para-hydroxylation sites is 1. The Morgan fingerprint density at radius 2 is 1.72 bits per heavy atom. The Morgan fingerprint density at radius 3 is 2.28 bits per heavy atom. The summed E-state index contributed by atoms with van der Waals surface area (Å²) in [6.45, 7) is 13.1. The highest BCUT2D eigenvalue weighted by Crippen LogP contribution is 2.39. The van der Waals surface area contributed by atoms with Gasteiger partial charge < -0.3 is 24.1 Å². The molecule has 9 nitrogen and oxygen atoms in total. The number of rotatable bonds is 7. The van der Waals surface area contributed by atoms with Crippen molar-refractivity contribution < 1.29 is 28.4 Å². The van der Waals surface area contributed by atoms with Crippen LogP contribution in [0.3, 0.4) is 0 Å². The zero-order chi connectivity index (χ0) is 24.2. The van der Waals surface area contributed by atoms with Gasteiger partial charge in [0.15, 0.2) is 6.61 Å². The second-order valence-corrected chi connectivity index (χ2v) is 9.56. The molecule has 0 unspecified atom stereocenters. The van der Waals surface area contributed by atoms with Crippen molar-refractivity contribution in [2.75, 3.05) is 13.2 Å². The van der Waals surface area contributed by atoms with Crippen molar-refractivity contribution >= 4 is 25.2 Å². The van der Waals surface area contributed by atoms with Crippen LogP contribution in [-0.4, -0.2) is 49.1 Å². The molecule has 1 saturated heterocycles. The molecule has 0 bridgehead atoms. The van der Waals surface area contributed by atoms with Gasteiger partial charge in [0.25, 0.3) is 5.91 Å². The van der Waals surface area contributed by atoms with Crippen LogP contribution in [0.1, 0.15) is 54.0 Å². The van der Waals surface area contributed by atoms with E-state index < -0.39 is 35.9 Å². The first-order valence-electron chi connectivity index (χ1n) is 10.5. The molecular formula is C22H34BN3O6. The highest BCUT2D eigenvalue weighted by atomic mass is 16.7. The number of hydrogen-bond donors (Lipinski definition) is 3. The van der Waals surface area contributed by atoms with E-state index in [2.05, 4.69) is 5.32 Å². The summed E-state index contributed by atoms with van der Waals surface area (Å²) in [7, 11) is -0.699. The van der Waals surface area contributed by atoms with Crippen molar-refractivity contribution in [3.63, 3.8) is 0 Å². The second-order valence-electron chi connectivity index (χ2n) is 9.56. The van der Waals surface area contributed by atoms with Crippen LogP contribution >= 0.6 is 0 Å². The van der Waals surface area contributed by atoms with Crippen molar-refractivity contribution in [1.29, 1.82) is 0 Å². The quantitative estimate of drug-likeness (QED) is 0.254. The van der Waals surface area contributed by atoms with Gasteiger partial charge >= 0.3 is 13.2 Å². The number of benzene rings is 1. The molecule has 0 aromatic heterocycles. The Kier molecular flexibility index (Phi) is 7.98. The van der Waals surface area contributed by atoms with Gasteiger partial charge in [-0.25, -0.2) is 10.6 Å². The number of nitrogens with one attached hydrogen (secondary N) is 2. The predicted octanol–water partition coefficient (Wildman–Crippen LogP) is 2.59. The van der Waals surface area contributed by atoms with Crippen molar-refractivity contribution in [2.24, 2.45) is 5.84 Å². The fourth-order valence-electron chi connectivity index (χ4n) is 2.80. The van der Waals surface area contributed by atoms with Gasteiger partial charge in [-0.2, -0.15) is 0 Å². The van der Waals surface area contributed by atoms with Gasteiger partial charge in [-0.15, -0.1) is 0 Å². The molecule has 32 heavy (non-hydrogen) atoms. The van der Waals surface area contributed by atoms with Crippen LogP contribution in [0.2, 0.25) is 0 Å². The van der Waals surface area contributed by atoms with E-state index in [1.165, 1.54) is 0 Å². The van der Waals surface area contributed by atoms with E-state index in [1.54, 1.807) is 32.9 Å². The number of carbonyl (C=O) groups excluding carboxylic acids is 2. The maximum atomic E-state index is 12.2. The molecule has 0 saturated carbocycles. The number of carbonyl (C=O) groups is 2. The van der Waals surface area contributed by atoms with Crippen molar-refractivity contribution in [3.8, 4) is 5.75 Å². The Bertz CT molecular complexity index is 847. The minimum atomic E-state index is -0.699. The normalized spacial score (nSPS) is 17.6. The molecule has 1 aliphatic heterocycles. The molecule has 4 N–H and O–H groups in total. The second kappa shape index (κ2) is 9.93. The van der Waals surface area contributed by atoms with Gasteiger partial charge in [0.1, 0.15) is 11.4 Å². The monoisotopic (exact) mass is 447 g/mol. The molecule has 1 heterocycles. The van der Waals surface area contributed by atoms with E-state index in [9.17, 15) is 9.59 Å². The fraction of sp³-hybridized carbons (Fsp3) is 0.545. The molecule has 1 fully saturated rings. The van der Waals surface area contributed by atoms with Crippen LogP contribution in [0.25, 0.3) is 6.08 Å². The summed E-state index contributed by atoms with van der Waals surface area (Å²) in [5, 5.41) is 2.76. The van der Waals surface area contributed by atoms with Crippen LogP contribution in [0.4, 0.5) is 4.79 Å². The topological polar surface area (TPSA) is 121 Å². The van der Waals surface area contributed by atoms with Crippen molar-refractivity contribution in [2.45, 2.75) is 65.3 Å². The summed E-state index contributed by atoms with van der Waals surface area (Å²) in [6.07, 6.45) is 1.26. The lowest BCUT2D eigenvalue weighted by atomic mass is 9.77. The standard InChI is InChI=1S/C22H34BN3O6/c1-20(2,3)30-19(28)25-13-16(23-31-21(4,5)22(6,7)32-23)12-15-10-8-9-11-17(15)29-14-18(27)26-24/h8-12H,13-14,24H2,1-7H3,(H,25,28)(H,26,27). The lowest BCUT2D eigenvalue weighted by Crippen LogP contribution is -2.41. The summed E-state index contributed by atoms with van der Waals surface area (Å²) in [4.78, 5) is 23.7. The van der Waals surface area contributed by atoms with Gasteiger partial charge in [0, 0.05) is 12.1 Å². The van der Waals surface area contributed by atoms with Crippen LogP contribution in [0.5, 0.6) is 5.75 Å². The van der Waals surface area contributed by atoms with E-state index >= 15 is 0 Å². The first-order valence-corrected chi connectivity index (χ1v) is 10.5. The highest BCUT2D eigenvalue weighted by Gasteiger charge is 2.52. The van der Waals surface area contributed by atoms with Gasteiger partial charge in [-0.3, -0.25) is 10.2 Å². The molecule has 1 aromatic carbocycles. The third-order valence-electron chi connectivity index (χ3n) is 5.17. The number of alkyl carbamates (subject to hydrolysis) is 1. The van der Waals surface area contributed by atoms with Crippen molar-refractivity contribution in [3.05, 3.63) is 35.3 Å². The smallest absolute Gasteiger partial charge is 0.483 e. The molecule has 10 heteroatoms.